The standard InChI is InChI=1S/C31H44N4O4/c1-29(2,3)22-14-16-23(17-15-22)35(25(21-12-10-18-32-20-21)26(36)33-30(4,5)6)27(37)24-13-11-19-34(24)28(38)39-31(7,8)9/h10,12,14-18,20,24-25H,11,13,19H2,1-9H3,(H,33,36)/t24-,25?/m1/s1. The molecule has 0 aliphatic carbocycles. The number of anilines is 1. The number of carbonyl (C=O) groups excluding carboxylic acids is 3. The minimum absolute atomic E-state index is 0.0846. The molecule has 2 aromatic rings. The van der Waals surface area contributed by atoms with E-state index in [9.17, 15) is 14.4 Å². The maximum Gasteiger partial charge on any atom is 0.410 e. The zero-order valence-corrected chi connectivity index (χ0v) is 24.9. The van der Waals surface area contributed by atoms with Crippen LogP contribution in [0.25, 0.3) is 0 Å². The first-order valence-electron chi connectivity index (χ1n) is 13.6. The molecule has 0 saturated carbocycles. The van der Waals surface area contributed by atoms with Gasteiger partial charge < -0.3 is 10.1 Å². The molecule has 8 heteroatoms. The summed E-state index contributed by atoms with van der Waals surface area (Å²) in [5.41, 5.74) is 0.945. The van der Waals surface area contributed by atoms with Gasteiger partial charge in [-0.3, -0.25) is 24.4 Å². The Labute approximate surface area is 233 Å². The van der Waals surface area contributed by atoms with Crippen LogP contribution in [0.3, 0.4) is 0 Å². The number of likely N-dealkylation sites (tertiary alicyclic amines) is 1. The highest BCUT2D eigenvalue weighted by Crippen LogP contribution is 2.34. The van der Waals surface area contributed by atoms with Crippen LogP contribution in [-0.4, -0.2) is 51.5 Å². The molecule has 0 bridgehead atoms. The molecule has 1 fully saturated rings. The van der Waals surface area contributed by atoms with Crippen molar-refractivity contribution in [2.24, 2.45) is 0 Å². The van der Waals surface area contributed by atoms with E-state index in [1.165, 1.54) is 9.80 Å². The average Bonchev–Trinajstić information content (AvgIpc) is 3.30. The van der Waals surface area contributed by atoms with Gasteiger partial charge in [-0.2, -0.15) is 0 Å². The fourth-order valence-electron chi connectivity index (χ4n) is 4.64. The number of ether oxygens (including phenoxy) is 1. The zero-order chi connectivity index (χ0) is 29.2. The van der Waals surface area contributed by atoms with Crippen LogP contribution in [0.1, 0.15) is 92.3 Å². The number of hydrogen-bond donors (Lipinski definition) is 1. The highest BCUT2D eigenvalue weighted by atomic mass is 16.6. The number of rotatable bonds is 5. The van der Waals surface area contributed by atoms with Crippen molar-refractivity contribution in [2.45, 2.75) is 104 Å². The Kier molecular flexibility index (Phi) is 8.78. The molecule has 0 radical (unpaired) electrons. The van der Waals surface area contributed by atoms with Gasteiger partial charge in [-0.25, -0.2) is 4.79 Å². The summed E-state index contributed by atoms with van der Waals surface area (Å²) in [6.07, 6.45) is 3.86. The molecule has 3 rings (SSSR count). The summed E-state index contributed by atoms with van der Waals surface area (Å²) in [7, 11) is 0. The Bertz CT molecular complexity index is 1160. The minimum atomic E-state index is -0.994. The van der Waals surface area contributed by atoms with E-state index in [-0.39, 0.29) is 17.2 Å². The second-order valence-electron chi connectivity index (χ2n) is 13.3. The van der Waals surface area contributed by atoms with Gasteiger partial charge in [0.05, 0.1) is 0 Å². The minimum Gasteiger partial charge on any atom is -0.444 e. The highest BCUT2D eigenvalue weighted by Gasteiger charge is 2.43. The third-order valence-corrected chi connectivity index (χ3v) is 6.42. The summed E-state index contributed by atoms with van der Waals surface area (Å²) in [5, 5.41) is 3.05. The van der Waals surface area contributed by atoms with Gasteiger partial charge in [0.15, 0.2) is 0 Å². The number of pyridine rings is 1. The third-order valence-electron chi connectivity index (χ3n) is 6.42. The van der Waals surface area contributed by atoms with Crippen molar-refractivity contribution in [3.8, 4) is 0 Å². The van der Waals surface area contributed by atoms with E-state index in [1.807, 2.05) is 45.0 Å². The van der Waals surface area contributed by atoms with E-state index in [0.717, 1.165) is 5.56 Å². The quantitative estimate of drug-likeness (QED) is 0.524. The summed E-state index contributed by atoms with van der Waals surface area (Å²) in [6, 6.07) is 9.51. The molecule has 1 unspecified atom stereocenters. The van der Waals surface area contributed by atoms with Gasteiger partial charge in [0.2, 0.25) is 5.91 Å². The normalized spacial score (nSPS) is 16.9. The lowest BCUT2D eigenvalue weighted by Gasteiger charge is -2.37. The maximum atomic E-state index is 14.5. The van der Waals surface area contributed by atoms with Crippen molar-refractivity contribution in [3.05, 3.63) is 59.9 Å². The number of aromatic nitrogens is 1. The summed E-state index contributed by atoms with van der Waals surface area (Å²) >= 11 is 0. The molecule has 1 N–H and O–H groups in total. The Morgan fingerprint density at radius 1 is 1.00 bits per heavy atom. The number of benzene rings is 1. The smallest absolute Gasteiger partial charge is 0.410 e. The van der Waals surface area contributed by atoms with Gasteiger partial charge in [0.25, 0.3) is 5.91 Å². The number of nitrogens with zero attached hydrogens (tertiary/aromatic N) is 3. The van der Waals surface area contributed by atoms with Crippen LogP contribution in [0.15, 0.2) is 48.8 Å². The molecule has 8 nitrogen and oxygen atoms in total. The molecule has 3 amide bonds. The molecule has 2 atom stereocenters. The lowest BCUT2D eigenvalue weighted by molar-refractivity contribution is -0.129. The number of carbonyl (C=O) groups is 3. The molecule has 1 aliphatic rings. The summed E-state index contributed by atoms with van der Waals surface area (Å²) in [4.78, 5) is 48.7. The van der Waals surface area contributed by atoms with Crippen molar-refractivity contribution >= 4 is 23.6 Å². The third kappa shape index (κ3) is 7.80. The van der Waals surface area contributed by atoms with Gasteiger partial charge in [-0.15, -0.1) is 0 Å². The zero-order valence-electron chi connectivity index (χ0n) is 24.9. The van der Waals surface area contributed by atoms with Crippen LogP contribution in [-0.2, 0) is 19.7 Å². The van der Waals surface area contributed by atoms with Crippen LogP contribution >= 0.6 is 0 Å². The first kappa shape index (κ1) is 30.1. The molecule has 0 spiro atoms. The van der Waals surface area contributed by atoms with E-state index in [0.29, 0.717) is 30.6 Å². The van der Waals surface area contributed by atoms with Gasteiger partial charge >= 0.3 is 6.09 Å². The van der Waals surface area contributed by atoms with Gasteiger partial charge in [0.1, 0.15) is 17.7 Å². The van der Waals surface area contributed by atoms with Crippen LogP contribution in [0.2, 0.25) is 0 Å². The predicted octanol–water partition coefficient (Wildman–Crippen LogP) is 5.77. The average molecular weight is 537 g/mol. The van der Waals surface area contributed by atoms with Gasteiger partial charge in [-0.1, -0.05) is 39.0 Å². The molecular formula is C31H44N4O4. The number of hydrogen-bond acceptors (Lipinski definition) is 5. The van der Waals surface area contributed by atoms with Crippen molar-refractivity contribution in [3.63, 3.8) is 0 Å². The van der Waals surface area contributed by atoms with Crippen molar-refractivity contribution in [1.82, 2.24) is 15.2 Å². The van der Waals surface area contributed by atoms with E-state index < -0.39 is 29.3 Å². The largest absolute Gasteiger partial charge is 0.444 e. The van der Waals surface area contributed by atoms with E-state index in [4.69, 9.17) is 4.74 Å². The monoisotopic (exact) mass is 536 g/mol. The lowest BCUT2D eigenvalue weighted by Crippen LogP contribution is -2.54. The fraction of sp³-hybridized carbons (Fsp3) is 0.548. The van der Waals surface area contributed by atoms with E-state index >= 15 is 0 Å². The van der Waals surface area contributed by atoms with Crippen LogP contribution in [0.4, 0.5) is 10.5 Å². The molecule has 212 valence electrons. The van der Waals surface area contributed by atoms with Crippen molar-refractivity contribution in [1.29, 1.82) is 0 Å². The SMILES string of the molecule is CC(C)(C)NC(=O)C(c1cccnc1)N(C(=O)[C@H]1CCCN1C(=O)OC(C)(C)C)c1ccc(C(C)(C)C)cc1. The molecule has 2 heterocycles. The topological polar surface area (TPSA) is 91.8 Å². The number of nitrogens with one attached hydrogen (secondary N) is 1. The Hall–Kier alpha value is -3.42. The Morgan fingerprint density at radius 2 is 1.64 bits per heavy atom. The van der Waals surface area contributed by atoms with Gasteiger partial charge in [-0.05, 0) is 83.6 Å². The second-order valence-corrected chi connectivity index (χ2v) is 13.3. The van der Waals surface area contributed by atoms with E-state index in [2.05, 4.69) is 31.1 Å². The van der Waals surface area contributed by atoms with Crippen LogP contribution in [0.5, 0.6) is 0 Å². The van der Waals surface area contributed by atoms with Crippen LogP contribution < -0.4 is 10.2 Å². The van der Waals surface area contributed by atoms with Gasteiger partial charge in [0, 0.05) is 35.7 Å². The molecular weight excluding hydrogens is 492 g/mol. The Balaban J connectivity index is 2.14. The van der Waals surface area contributed by atoms with Crippen molar-refractivity contribution in [2.75, 3.05) is 11.4 Å². The first-order chi connectivity index (χ1) is 18.0. The van der Waals surface area contributed by atoms with Crippen molar-refractivity contribution < 1.29 is 19.1 Å². The fourth-order valence-corrected chi connectivity index (χ4v) is 4.64. The Morgan fingerprint density at radius 3 is 2.15 bits per heavy atom. The molecule has 1 saturated heterocycles. The summed E-state index contributed by atoms with van der Waals surface area (Å²) in [5.74, 6) is -0.662. The predicted molar refractivity (Wildman–Crippen MR) is 153 cm³/mol. The highest BCUT2D eigenvalue weighted by molar-refractivity contribution is 6.04. The maximum absolute atomic E-state index is 14.5. The summed E-state index contributed by atoms with van der Waals surface area (Å²) < 4.78 is 5.63. The van der Waals surface area contributed by atoms with Crippen LogP contribution in [0, 0.1) is 0 Å². The molecule has 1 aromatic heterocycles. The lowest BCUT2D eigenvalue weighted by atomic mass is 9.87. The van der Waals surface area contributed by atoms with E-state index in [1.54, 1.807) is 45.3 Å². The number of amides is 3. The molecule has 1 aromatic carbocycles. The molecule has 1 aliphatic heterocycles. The first-order valence-corrected chi connectivity index (χ1v) is 13.6. The second kappa shape index (κ2) is 11.4. The summed E-state index contributed by atoms with van der Waals surface area (Å²) in [6.45, 7) is 17.9. The molecule has 39 heavy (non-hydrogen) atoms.